The number of benzene rings is 3. The molecule has 1 amide bonds. The molecule has 0 atom stereocenters. The monoisotopic (exact) mass is 453 g/mol. The van der Waals surface area contributed by atoms with Crippen LogP contribution < -0.4 is 10.1 Å². The number of hydrogen-bond donors (Lipinski definition) is 1. The number of amides is 1. The van der Waals surface area contributed by atoms with E-state index in [1.165, 1.54) is 18.2 Å². The number of carbonyl (C=O) groups excluding carboxylic acids is 1. The number of fused-ring (bicyclic) bond motifs is 3. The van der Waals surface area contributed by atoms with Gasteiger partial charge in [-0.25, -0.2) is 4.79 Å². The summed E-state index contributed by atoms with van der Waals surface area (Å²) in [4.78, 5) is 12.2. The third-order valence-corrected chi connectivity index (χ3v) is 5.33. The fourth-order valence-corrected chi connectivity index (χ4v) is 3.94. The third-order valence-electron chi connectivity index (χ3n) is 5.33. The van der Waals surface area contributed by atoms with E-state index in [1.807, 2.05) is 24.3 Å². The molecule has 0 heterocycles. The van der Waals surface area contributed by atoms with Crippen LogP contribution in [0.25, 0.3) is 17.2 Å². The number of ether oxygens (including phenoxy) is 2. The van der Waals surface area contributed by atoms with Crippen molar-refractivity contribution in [3.05, 3.63) is 95.6 Å². The summed E-state index contributed by atoms with van der Waals surface area (Å²) >= 11 is 0. The van der Waals surface area contributed by atoms with Crippen molar-refractivity contribution in [2.75, 3.05) is 13.2 Å². The van der Waals surface area contributed by atoms with Gasteiger partial charge in [0, 0.05) is 12.5 Å². The van der Waals surface area contributed by atoms with E-state index in [0.29, 0.717) is 18.5 Å². The van der Waals surface area contributed by atoms with E-state index in [2.05, 4.69) is 34.3 Å². The summed E-state index contributed by atoms with van der Waals surface area (Å²) in [5, 5.41) is 2.70. The molecule has 3 aromatic rings. The van der Waals surface area contributed by atoms with E-state index >= 15 is 0 Å². The second-order valence-electron chi connectivity index (χ2n) is 7.56. The van der Waals surface area contributed by atoms with Crippen LogP contribution in [0, 0.1) is 0 Å². The average Bonchev–Trinajstić information content (AvgIpc) is 3.10. The van der Waals surface area contributed by atoms with Gasteiger partial charge in [0.15, 0.2) is 0 Å². The Morgan fingerprint density at radius 1 is 0.939 bits per heavy atom. The summed E-state index contributed by atoms with van der Waals surface area (Å²) in [7, 11) is 0. The molecule has 1 N–H and O–H groups in total. The number of alkyl halides is 3. The van der Waals surface area contributed by atoms with Gasteiger partial charge in [0.2, 0.25) is 0 Å². The van der Waals surface area contributed by atoms with Crippen molar-refractivity contribution in [1.29, 1.82) is 0 Å². The first kappa shape index (κ1) is 22.5. The summed E-state index contributed by atoms with van der Waals surface area (Å²) in [5.74, 6) is -0.282. The maximum atomic E-state index is 12.3. The zero-order chi connectivity index (χ0) is 23.3. The second kappa shape index (κ2) is 9.81. The van der Waals surface area contributed by atoms with E-state index in [9.17, 15) is 18.0 Å². The minimum absolute atomic E-state index is 0.00533. The van der Waals surface area contributed by atoms with Gasteiger partial charge < -0.3 is 14.8 Å². The van der Waals surface area contributed by atoms with Gasteiger partial charge in [0.05, 0.1) is 0 Å². The Labute approximate surface area is 189 Å². The fourth-order valence-electron chi connectivity index (χ4n) is 3.94. The number of carbonyl (C=O) groups is 1. The summed E-state index contributed by atoms with van der Waals surface area (Å²) in [5.41, 5.74) is 5.18. The lowest BCUT2D eigenvalue weighted by atomic mass is 9.98. The standard InChI is InChI=1S/C26H22F3NO3/c27-26(28,29)33-19-10-7-9-18(16-19)8-5-6-15-30-25(31)32-17-24-22-13-3-1-11-20(22)21-12-2-4-14-23(21)24/h1-5,7-14,16,24H,6,15,17H2,(H,30,31). The molecule has 0 fully saturated rings. The molecule has 7 heteroatoms. The van der Waals surface area contributed by atoms with Gasteiger partial charge in [-0.2, -0.15) is 0 Å². The number of alkyl carbamates (subject to hydrolysis) is 1. The molecule has 170 valence electrons. The first-order valence-electron chi connectivity index (χ1n) is 10.5. The topological polar surface area (TPSA) is 47.6 Å². The van der Waals surface area contributed by atoms with Crippen LogP contribution in [0.1, 0.15) is 29.0 Å². The molecule has 0 saturated heterocycles. The average molecular weight is 453 g/mol. The first-order chi connectivity index (χ1) is 15.9. The van der Waals surface area contributed by atoms with Crippen molar-refractivity contribution in [2.24, 2.45) is 0 Å². The van der Waals surface area contributed by atoms with Crippen LogP contribution in [0.5, 0.6) is 5.75 Å². The van der Waals surface area contributed by atoms with Gasteiger partial charge in [-0.3, -0.25) is 0 Å². The predicted octanol–water partition coefficient (Wildman–Crippen LogP) is 6.53. The molecule has 0 aromatic heterocycles. The molecule has 3 aromatic carbocycles. The molecule has 1 aliphatic rings. The van der Waals surface area contributed by atoms with Crippen molar-refractivity contribution >= 4 is 12.2 Å². The normalized spacial score (nSPS) is 12.9. The Hall–Kier alpha value is -3.74. The summed E-state index contributed by atoms with van der Waals surface area (Å²) in [6.45, 7) is 0.577. The van der Waals surface area contributed by atoms with Gasteiger partial charge in [-0.05, 0) is 46.4 Å². The van der Waals surface area contributed by atoms with Crippen LogP contribution in [-0.2, 0) is 4.74 Å². The lowest BCUT2D eigenvalue weighted by Gasteiger charge is -2.14. The highest BCUT2D eigenvalue weighted by Gasteiger charge is 2.31. The van der Waals surface area contributed by atoms with Crippen LogP contribution >= 0.6 is 0 Å². The Morgan fingerprint density at radius 3 is 2.27 bits per heavy atom. The van der Waals surface area contributed by atoms with Crippen molar-refractivity contribution in [3.8, 4) is 16.9 Å². The molecule has 0 saturated carbocycles. The Morgan fingerprint density at radius 2 is 1.61 bits per heavy atom. The Balaban J connectivity index is 1.25. The Kier molecular flexibility index (Phi) is 6.68. The van der Waals surface area contributed by atoms with Gasteiger partial charge in [0.1, 0.15) is 12.4 Å². The SMILES string of the molecule is O=C(NCCC=Cc1cccc(OC(F)(F)F)c1)OCC1c2ccccc2-c2ccccc21. The molecule has 0 aliphatic heterocycles. The van der Waals surface area contributed by atoms with Gasteiger partial charge in [-0.15, -0.1) is 13.2 Å². The molecule has 33 heavy (non-hydrogen) atoms. The van der Waals surface area contributed by atoms with Crippen LogP contribution in [-0.4, -0.2) is 25.6 Å². The maximum absolute atomic E-state index is 12.3. The van der Waals surface area contributed by atoms with Crippen LogP contribution in [0.2, 0.25) is 0 Å². The molecule has 1 aliphatic carbocycles. The van der Waals surface area contributed by atoms with Crippen molar-refractivity contribution in [3.63, 3.8) is 0 Å². The number of nitrogens with one attached hydrogen (secondary N) is 1. The molecule has 0 radical (unpaired) electrons. The van der Waals surface area contributed by atoms with Gasteiger partial charge >= 0.3 is 12.5 Å². The molecule has 4 rings (SSSR count). The quantitative estimate of drug-likeness (QED) is 0.414. The van der Waals surface area contributed by atoms with E-state index in [4.69, 9.17) is 4.74 Å². The maximum Gasteiger partial charge on any atom is 0.573 e. The second-order valence-corrected chi connectivity index (χ2v) is 7.56. The number of halogens is 3. The minimum Gasteiger partial charge on any atom is -0.449 e. The first-order valence-corrected chi connectivity index (χ1v) is 10.5. The van der Waals surface area contributed by atoms with E-state index in [-0.39, 0.29) is 18.3 Å². The zero-order valence-corrected chi connectivity index (χ0v) is 17.6. The van der Waals surface area contributed by atoms with E-state index in [1.54, 1.807) is 18.2 Å². The highest BCUT2D eigenvalue weighted by atomic mass is 19.4. The van der Waals surface area contributed by atoms with E-state index in [0.717, 1.165) is 22.3 Å². The van der Waals surface area contributed by atoms with Gasteiger partial charge in [0.25, 0.3) is 0 Å². The molecule has 0 spiro atoms. The third kappa shape index (κ3) is 5.74. The van der Waals surface area contributed by atoms with Crippen molar-refractivity contribution in [1.82, 2.24) is 5.32 Å². The number of hydrogen-bond acceptors (Lipinski definition) is 3. The van der Waals surface area contributed by atoms with Crippen LogP contribution in [0.3, 0.4) is 0 Å². The lowest BCUT2D eigenvalue weighted by Crippen LogP contribution is -2.26. The van der Waals surface area contributed by atoms with Crippen molar-refractivity contribution in [2.45, 2.75) is 18.7 Å². The van der Waals surface area contributed by atoms with Crippen molar-refractivity contribution < 1.29 is 27.4 Å². The highest BCUT2D eigenvalue weighted by Crippen LogP contribution is 2.44. The fraction of sp³-hybridized carbons (Fsp3) is 0.192. The van der Waals surface area contributed by atoms with Crippen LogP contribution in [0.15, 0.2) is 78.9 Å². The summed E-state index contributed by atoms with van der Waals surface area (Å²) in [6, 6.07) is 21.9. The minimum atomic E-state index is -4.73. The zero-order valence-electron chi connectivity index (χ0n) is 17.6. The Bertz CT molecular complexity index is 1110. The summed E-state index contributed by atoms with van der Waals surface area (Å²) < 4.78 is 46.3. The molecular weight excluding hydrogens is 431 g/mol. The predicted molar refractivity (Wildman–Crippen MR) is 120 cm³/mol. The summed E-state index contributed by atoms with van der Waals surface area (Å²) in [6.07, 6.45) is -1.31. The molecular formula is C26H22F3NO3. The number of rotatable bonds is 7. The van der Waals surface area contributed by atoms with Crippen LogP contribution in [0.4, 0.5) is 18.0 Å². The molecule has 0 unspecified atom stereocenters. The molecule has 0 bridgehead atoms. The highest BCUT2D eigenvalue weighted by molar-refractivity contribution is 5.79. The van der Waals surface area contributed by atoms with E-state index < -0.39 is 12.5 Å². The largest absolute Gasteiger partial charge is 0.573 e. The molecule has 4 nitrogen and oxygen atoms in total. The lowest BCUT2D eigenvalue weighted by molar-refractivity contribution is -0.274. The van der Waals surface area contributed by atoms with Gasteiger partial charge in [-0.1, -0.05) is 72.8 Å². The smallest absolute Gasteiger partial charge is 0.449 e.